The molecule has 6 rings (SSSR count). The summed E-state index contributed by atoms with van der Waals surface area (Å²) in [5, 5.41) is 3.05. The van der Waals surface area contributed by atoms with Gasteiger partial charge in [-0.25, -0.2) is 0 Å². The zero-order valence-electron chi connectivity index (χ0n) is 20.1. The molecule has 0 spiro atoms. The summed E-state index contributed by atoms with van der Waals surface area (Å²) in [7, 11) is 0. The highest BCUT2D eigenvalue weighted by atomic mass is 14.8. The van der Waals surface area contributed by atoms with Crippen LogP contribution in [0.15, 0.2) is 0 Å². The van der Waals surface area contributed by atoms with E-state index in [2.05, 4.69) is 51.8 Å². The van der Waals surface area contributed by atoms with Crippen LogP contribution in [0.2, 0.25) is 0 Å². The van der Waals surface area contributed by atoms with Crippen LogP contribution in [0.5, 0.6) is 0 Å². The Kier molecular flexibility index (Phi) is 4.13. The molecular weight excluding hydrogens is 362 g/mol. The summed E-state index contributed by atoms with van der Waals surface area (Å²) >= 11 is 0. The Balaban J connectivity index is 1.38. The smallest absolute Gasteiger partial charge is 0.0415 e. The molecule has 7 atom stereocenters. The number of nitrogens with one attached hydrogen (secondary N) is 1. The van der Waals surface area contributed by atoms with Crippen molar-refractivity contribution in [3.63, 3.8) is 0 Å². The number of hydrogen-bond donors (Lipinski definition) is 1. The molecule has 30 heavy (non-hydrogen) atoms. The first-order chi connectivity index (χ1) is 14.2. The third kappa shape index (κ3) is 2.53. The number of rotatable bonds is 0. The van der Waals surface area contributed by atoms with Crippen molar-refractivity contribution in [1.29, 1.82) is 0 Å². The fourth-order valence-corrected chi connectivity index (χ4v) is 9.62. The SMILES string of the molecule is CC(C)(C)C1CCC2(C)C(CCC3(C)C4c5[nH]c6c(c5CC4CCC23)=CCCC=6)C1. The molecule has 3 saturated carbocycles. The summed E-state index contributed by atoms with van der Waals surface area (Å²) in [6.07, 6.45) is 19.2. The van der Waals surface area contributed by atoms with Crippen molar-refractivity contribution in [2.75, 3.05) is 0 Å². The topological polar surface area (TPSA) is 15.8 Å². The second kappa shape index (κ2) is 6.29. The minimum atomic E-state index is 0.483. The van der Waals surface area contributed by atoms with E-state index in [-0.39, 0.29) is 0 Å². The quantitative estimate of drug-likeness (QED) is 0.521. The van der Waals surface area contributed by atoms with Gasteiger partial charge in [0, 0.05) is 17.0 Å². The van der Waals surface area contributed by atoms with E-state index < -0.39 is 0 Å². The summed E-state index contributed by atoms with van der Waals surface area (Å²) in [6, 6.07) is 0. The van der Waals surface area contributed by atoms with E-state index in [9.17, 15) is 0 Å². The summed E-state index contributed by atoms with van der Waals surface area (Å²) < 4.78 is 0. The molecule has 1 nitrogen and oxygen atoms in total. The minimum Gasteiger partial charge on any atom is -0.358 e. The van der Waals surface area contributed by atoms with Crippen molar-refractivity contribution < 1.29 is 0 Å². The zero-order valence-corrected chi connectivity index (χ0v) is 20.1. The standard InChI is InChI=1S/C29H43N/c1-27(2,3)19-12-14-28(4)20(17-19)13-15-29(5)24(28)11-10-18-16-22-21-8-6-7-9-23(21)30-26(22)25(18)29/h8-9,18-20,24-25,30H,6-7,10-17H2,1-5H3. The van der Waals surface area contributed by atoms with Gasteiger partial charge in [0.2, 0.25) is 0 Å². The van der Waals surface area contributed by atoms with E-state index in [1.54, 1.807) is 16.5 Å². The van der Waals surface area contributed by atoms with Crippen LogP contribution < -0.4 is 10.6 Å². The first-order valence-corrected chi connectivity index (χ1v) is 13.1. The first kappa shape index (κ1) is 19.7. The lowest BCUT2D eigenvalue weighted by Crippen LogP contribution is -2.56. The van der Waals surface area contributed by atoms with Gasteiger partial charge in [0.1, 0.15) is 0 Å². The Labute approximate surface area is 183 Å². The lowest BCUT2D eigenvalue weighted by molar-refractivity contribution is -0.137. The van der Waals surface area contributed by atoms with Crippen molar-refractivity contribution in [1.82, 2.24) is 4.98 Å². The first-order valence-electron chi connectivity index (χ1n) is 13.1. The molecule has 0 aromatic carbocycles. The van der Waals surface area contributed by atoms with Gasteiger partial charge in [-0.1, -0.05) is 46.8 Å². The largest absolute Gasteiger partial charge is 0.358 e. The van der Waals surface area contributed by atoms with Crippen LogP contribution in [0, 0.1) is 39.9 Å². The van der Waals surface area contributed by atoms with Gasteiger partial charge in [-0.3, -0.25) is 0 Å². The number of H-pyrrole nitrogens is 1. The highest BCUT2D eigenvalue weighted by Gasteiger charge is 2.62. The van der Waals surface area contributed by atoms with Crippen LogP contribution in [0.1, 0.15) is 110 Å². The maximum absolute atomic E-state index is 4.00. The van der Waals surface area contributed by atoms with Crippen LogP contribution in [0.25, 0.3) is 12.2 Å². The van der Waals surface area contributed by atoms with Gasteiger partial charge >= 0.3 is 0 Å². The van der Waals surface area contributed by atoms with E-state index in [0.717, 1.165) is 29.6 Å². The van der Waals surface area contributed by atoms with Gasteiger partial charge in [-0.15, -0.1) is 0 Å². The van der Waals surface area contributed by atoms with E-state index in [1.165, 1.54) is 69.6 Å². The van der Waals surface area contributed by atoms with Gasteiger partial charge in [0.25, 0.3) is 0 Å². The van der Waals surface area contributed by atoms with Crippen LogP contribution in [0.3, 0.4) is 0 Å². The molecular formula is C29H43N. The van der Waals surface area contributed by atoms with Crippen molar-refractivity contribution in [3.05, 3.63) is 21.8 Å². The molecule has 1 heteroatoms. The van der Waals surface area contributed by atoms with Crippen molar-refractivity contribution in [2.24, 2.45) is 39.9 Å². The number of aromatic nitrogens is 1. The molecule has 0 bridgehead atoms. The third-order valence-corrected chi connectivity index (χ3v) is 11.2. The van der Waals surface area contributed by atoms with Crippen molar-refractivity contribution in [3.8, 4) is 0 Å². The Bertz CT molecular complexity index is 973. The summed E-state index contributed by atoms with van der Waals surface area (Å²) in [5.74, 6) is 4.50. The van der Waals surface area contributed by atoms with Crippen LogP contribution in [0.4, 0.5) is 0 Å². The van der Waals surface area contributed by atoms with Gasteiger partial charge < -0.3 is 4.98 Å². The molecule has 0 radical (unpaired) electrons. The summed E-state index contributed by atoms with van der Waals surface area (Å²) in [4.78, 5) is 4.00. The third-order valence-electron chi connectivity index (χ3n) is 11.2. The predicted octanol–water partition coefficient (Wildman–Crippen LogP) is 6.30. The normalized spacial score (nSPS) is 44.6. The molecule has 0 aliphatic heterocycles. The van der Waals surface area contributed by atoms with Crippen LogP contribution >= 0.6 is 0 Å². The van der Waals surface area contributed by atoms with Gasteiger partial charge in [-0.2, -0.15) is 0 Å². The molecule has 1 N–H and O–H groups in total. The molecule has 164 valence electrons. The summed E-state index contributed by atoms with van der Waals surface area (Å²) in [5.41, 5.74) is 4.96. The highest BCUT2D eigenvalue weighted by Crippen LogP contribution is 2.70. The number of aromatic amines is 1. The average molecular weight is 406 g/mol. The van der Waals surface area contributed by atoms with E-state index in [4.69, 9.17) is 0 Å². The Hall–Kier alpha value is -0.980. The second-order valence-electron chi connectivity index (χ2n) is 13.5. The maximum Gasteiger partial charge on any atom is 0.0415 e. The predicted molar refractivity (Wildman–Crippen MR) is 127 cm³/mol. The lowest BCUT2D eigenvalue weighted by atomic mass is 9.40. The second-order valence-corrected chi connectivity index (χ2v) is 13.5. The van der Waals surface area contributed by atoms with E-state index in [1.807, 2.05) is 0 Å². The fraction of sp³-hybridized carbons (Fsp3) is 0.793. The molecule has 1 aromatic heterocycles. The molecule has 3 fully saturated rings. The van der Waals surface area contributed by atoms with Crippen molar-refractivity contribution >= 4 is 12.2 Å². The molecule has 0 amide bonds. The average Bonchev–Trinajstić information content (AvgIpc) is 3.22. The molecule has 7 unspecified atom stereocenters. The highest BCUT2D eigenvalue weighted by molar-refractivity contribution is 5.46. The van der Waals surface area contributed by atoms with Crippen molar-refractivity contribution in [2.45, 2.75) is 105 Å². The van der Waals surface area contributed by atoms with Gasteiger partial charge in [0.05, 0.1) is 0 Å². The molecule has 1 aromatic rings. The minimum absolute atomic E-state index is 0.483. The Morgan fingerprint density at radius 3 is 2.50 bits per heavy atom. The Morgan fingerprint density at radius 2 is 1.70 bits per heavy atom. The monoisotopic (exact) mass is 405 g/mol. The Morgan fingerprint density at radius 1 is 0.933 bits per heavy atom. The van der Waals surface area contributed by atoms with Gasteiger partial charge in [0.15, 0.2) is 0 Å². The molecule has 5 aliphatic rings. The van der Waals surface area contributed by atoms with Gasteiger partial charge in [-0.05, 0) is 115 Å². The molecule has 1 heterocycles. The van der Waals surface area contributed by atoms with Crippen LogP contribution in [-0.4, -0.2) is 4.98 Å². The maximum atomic E-state index is 4.00. The number of hydrogen-bond acceptors (Lipinski definition) is 0. The van der Waals surface area contributed by atoms with Crippen LogP contribution in [-0.2, 0) is 6.42 Å². The zero-order chi connectivity index (χ0) is 20.9. The lowest BCUT2D eigenvalue weighted by Gasteiger charge is -2.64. The number of fused-ring (bicyclic) bond motifs is 9. The summed E-state index contributed by atoms with van der Waals surface area (Å²) in [6.45, 7) is 12.9. The fourth-order valence-electron chi connectivity index (χ4n) is 9.62. The van der Waals surface area contributed by atoms with E-state index in [0.29, 0.717) is 16.2 Å². The molecule has 0 saturated heterocycles. The molecule has 5 aliphatic carbocycles. The van der Waals surface area contributed by atoms with E-state index >= 15 is 0 Å².